The number of oxime groups is 1. The fraction of sp³-hybridized carbons (Fsp3) is 0.136. The highest BCUT2D eigenvalue weighted by molar-refractivity contribution is 6.30. The zero-order chi connectivity index (χ0) is 22.0. The molecule has 3 aromatic rings. The third-order valence-electron chi connectivity index (χ3n) is 4.89. The van der Waals surface area contributed by atoms with Gasteiger partial charge in [-0.15, -0.1) is 0 Å². The van der Waals surface area contributed by atoms with E-state index >= 15 is 0 Å². The minimum Gasteiger partial charge on any atom is -0.411 e. The first-order chi connectivity index (χ1) is 15.0. The molecular weight excluding hydrogens is 429 g/mol. The summed E-state index contributed by atoms with van der Waals surface area (Å²) in [5.41, 5.74) is 1.96. The summed E-state index contributed by atoms with van der Waals surface area (Å²) >= 11 is 5.81. The third kappa shape index (κ3) is 4.39. The fourth-order valence-electron chi connectivity index (χ4n) is 3.38. The van der Waals surface area contributed by atoms with E-state index in [1.165, 1.54) is 18.2 Å². The summed E-state index contributed by atoms with van der Waals surface area (Å²) in [4.78, 5) is 8.58. The lowest BCUT2D eigenvalue weighted by Gasteiger charge is -2.11. The number of hydrogen-bond acceptors (Lipinski definition) is 4. The van der Waals surface area contributed by atoms with E-state index in [9.17, 15) is 18.4 Å². The van der Waals surface area contributed by atoms with Crippen LogP contribution in [-0.4, -0.2) is 21.7 Å². The molecule has 0 amide bonds. The summed E-state index contributed by atoms with van der Waals surface area (Å²) in [7, 11) is 0. The normalized spacial score (nSPS) is 14.6. The standard InChI is InChI=1S/C22H16ClF3N4O/c23-16-7-12(4-5-17(16)24)8-19(30-31)14-9-18(25)21(26)22-15(14)10-20(29-22)28-11-13-3-1-2-6-27-13/h1-7,9,31H,8,10-11H2,(H,28,29)/b30-19+. The third-order valence-corrected chi connectivity index (χ3v) is 5.18. The van der Waals surface area contributed by atoms with Gasteiger partial charge in [0.15, 0.2) is 11.6 Å². The number of nitrogens with zero attached hydrogens (tertiary/aromatic N) is 3. The molecule has 1 aliphatic heterocycles. The van der Waals surface area contributed by atoms with Crippen LogP contribution in [0.3, 0.4) is 0 Å². The van der Waals surface area contributed by atoms with Crippen LogP contribution in [0.1, 0.15) is 22.4 Å². The number of fused-ring (bicyclic) bond motifs is 1. The van der Waals surface area contributed by atoms with Crippen molar-refractivity contribution in [3.8, 4) is 0 Å². The fourth-order valence-corrected chi connectivity index (χ4v) is 3.59. The molecule has 0 aliphatic carbocycles. The summed E-state index contributed by atoms with van der Waals surface area (Å²) in [5.74, 6) is -2.28. The second-order valence-electron chi connectivity index (χ2n) is 6.93. The van der Waals surface area contributed by atoms with Crippen LogP contribution in [0.2, 0.25) is 5.02 Å². The molecule has 5 nitrogen and oxygen atoms in total. The Kier molecular flexibility index (Phi) is 5.90. The predicted octanol–water partition coefficient (Wildman–Crippen LogP) is 5.14. The molecule has 0 saturated carbocycles. The zero-order valence-corrected chi connectivity index (χ0v) is 16.8. The van der Waals surface area contributed by atoms with Gasteiger partial charge in [-0.25, -0.2) is 13.2 Å². The first-order valence-corrected chi connectivity index (χ1v) is 9.70. The summed E-state index contributed by atoms with van der Waals surface area (Å²) < 4.78 is 42.2. The number of aliphatic imine (C=N–C) groups is 1. The van der Waals surface area contributed by atoms with Gasteiger partial charge in [-0.2, -0.15) is 0 Å². The summed E-state index contributed by atoms with van der Waals surface area (Å²) in [6, 6.07) is 10.5. The Balaban J connectivity index is 1.65. The number of pyridine rings is 1. The molecule has 1 aliphatic rings. The molecule has 0 unspecified atom stereocenters. The molecule has 0 atom stereocenters. The minimum absolute atomic E-state index is 0.0361. The Morgan fingerprint density at radius 3 is 2.68 bits per heavy atom. The van der Waals surface area contributed by atoms with Crippen molar-refractivity contribution >= 4 is 28.8 Å². The Bertz CT molecular complexity index is 1200. The highest BCUT2D eigenvalue weighted by atomic mass is 35.5. The van der Waals surface area contributed by atoms with Gasteiger partial charge in [-0.1, -0.05) is 28.9 Å². The second-order valence-corrected chi connectivity index (χ2v) is 7.34. The molecule has 9 heteroatoms. The van der Waals surface area contributed by atoms with Crippen molar-refractivity contribution < 1.29 is 18.4 Å². The second kappa shape index (κ2) is 8.77. The van der Waals surface area contributed by atoms with Gasteiger partial charge in [0, 0.05) is 24.6 Å². The Labute approximate surface area is 180 Å². The number of amidine groups is 1. The number of benzene rings is 2. The van der Waals surface area contributed by atoms with E-state index in [2.05, 4.69) is 20.4 Å². The SMILES string of the molecule is O/N=C(\Cc1ccc(F)c(Cl)c1)c1cc(F)c(F)c2c1CC(=NCc1ccccn1)N2. The van der Waals surface area contributed by atoms with Crippen molar-refractivity contribution in [2.45, 2.75) is 19.4 Å². The number of halogens is 4. The van der Waals surface area contributed by atoms with E-state index in [0.29, 0.717) is 17.0 Å². The van der Waals surface area contributed by atoms with Crippen LogP contribution in [0.4, 0.5) is 18.9 Å². The van der Waals surface area contributed by atoms with E-state index in [4.69, 9.17) is 11.6 Å². The van der Waals surface area contributed by atoms with Gasteiger partial charge in [0.2, 0.25) is 0 Å². The number of aromatic nitrogens is 1. The lowest BCUT2D eigenvalue weighted by atomic mass is 9.95. The van der Waals surface area contributed by atoms with Crippen LogP contribution in [0.25, 0.3) is 0 Å². The van der Waals surface area contributed by atoms with Gasteiger partial charge >= 0.3 is 0 Å². The van der Waals surface area contributed by atoms with E-state index in [-0.39, 0.29) is 41.4 Å². The van der Waals surface area contributed by atoms with Gasteiger partial charge < -0.3 is 10.5 Å². The van der Waals surface area contributed by atoms with Gasteiger partial charge in [0.1, 0.15) is 11.7 Å². The summed E-state index contributed by atoms with van der Waals surface area (Å²) in [6.45, 7) is 0.269. The molecule has 1 aromatic heterocycles. The minimum atomic E-state index is -1.09. The first-order valence-electron chi connectivity index (χ1n) is 9.32. The first kappa shape index (κ1) is 20.9. The molecule has 0 saturated heterocycles. The summed E-state index contributed by atoms with van der Waals surface area (Å²) in [6.07, 6.45) is 1.87. The van der Waals surface area contributed by atoms with Crippen LogP contribution in [0, 0.1) is 17.5 Å². The van der Waals surface area contributed by atoms with E-state index < -0.39 is 17.5 Å². The van der Waals surface area contributed by atoms with Crippen molar-refractivity contribution in [3.63, 3.8) is 0 Å². The Morgan fingerprint density at radius 1 is 1.13 bits per heavy atom. The van der Waals surface area contributed by atoms with Crippen LogP contribution < -0.4 is 5.32 Å². The number of anilines is 1. The molecule has 158 valence electrons. The van der Waals surface area contributed by atoms with E-state index in [0.717, 1.165) is 11.8 Å². The number of rotatable bonds is 5. The monoisotopic (exact) mass is 444 g/mol. The molecule has 0 spiro atoms. The molecule has 0 radical (unpaired) electrons. The lowest BCUT2D eigenvalue weighted by Crippen LogP contribution is -2.10. The lowest BCUT2D eigenvalue weighted by molar-refractivity contribution is 0.318. The van der Waals surface area contributed by atoms with Crippen molar-refractivity contribution in [2.75, 3.05) is 5.32 Å². The van der Waals surface area contributed by atoms with Gasteiger partial charge in [0.05, 0.1) is 28.7 Å². The molecule has 31 heavy (non-hydrogen) atoms. The number of nitrogens with one attached hydrogen (secondary N) is 1. The molecule has 0 bridgehead atoms. The highest BCUT2D eigenvalue weighted by Crippen LogP contribution is 2.33. The number of hydrogen-bond donors (Lipinski definition) is 2. The van der Waals surface area contributed by atoms with Gasteiger partial charge in [0.25, 0.3) is 0 Å². The smallest absolute Gasteiger partial charge is 0.182 e. The molecule has 2 N–H and O–H groups in total. The van der Waals surface area contributed by atoms with Crippen LogP contribution >= 0.6 is 11.6 Å². The molecular formula is C22H16ClF3N4O. The van der Waals surface area contributed by atoms with Crippen LogP contribution in [0.5, 0.6) is 0 Å². The largest absolute Gasteiger partial charge is 0.411 e. The quantitative estimate of drug-likeness (QED) is 0.325. The van der Waals surface area contributed by atoms with Crippen molar-refractivity contribution in [1.82, 2.24) is 4.98 Å². The maximum absolute atomic E-state index is 14.4. The van der Waals surface area contributed by atoms with E-state index in [1.807, 2.05) is 12.1 Å². The van der Waals surface area contributed by atoms with Crippen molar-refractivity contribution in [2.24, 2.45) is 10.1 Å². The van der Waals surface area contributed by atoms with Gasteiger partial charge in [-0.3, -0.25) is 9.98 Å². The maximum atomic E-state index is 14.4. The average molecular weight is 445 g/mol. The molecule has 4 rings (SSSR count). The van der Waals surface area contributed by atoms with Crippen LogP contribution in [0.15, 0.2) is 58.8 Å². The Hall–Kier alpha value is -3.39. The predicted molar refractivity (Wildman–Crippen MR) is 112 cm³/mol. The zero-order valence-electron chi connectivity index (χ0n) is 16.0. The van der Waals surface area contributed by atoms with Crippen LogP contribution in [-0.2, 0) is 19.4 Å². The molecule has 2 heterocycles. The molecule has 2 aromatic carbocycles. The van der Waals surface area contributed by atoms with E-state index in [1.54, 1.807) is 12.3 Å². The highest BCUT2D eigenvalue weighted by Gasteiger charge is 2.28. The van der Waals surface area contributed by atoms with Crippen molar-refractivity contribution in [3.05, 3.63) is 93.5 Å². The van der Waals surface area contributed by atoms with Crippen molar-refractivity contribution in [1.29, 1.82) is 0 Å². The maximum Gasteiger partial charge on any atom is 0.182 e. The molecule has 0 fully saturated rings. The topological polar surface area (TPSA) is 69.9 Å². The van der Waals surface area contributed by atoms with Gasteiger partial charge in [-0.05, 0) is 41.5 Å². The summed E-state index contributed by atoms with van der Waals surface area (Å²) in [5, 5.41) is 15.6. The Morgan fingerprint density at radius 2 is 1.97 bits per heavy atom. The average Bonchev–Trinajstić information content (AvgIpc) is 3.21.